The monoisotopic (exact) mass is 308 g/mol. The van der Waals surface area contributed by atoms with Crippen molar-refractivity contribution < 1.29 is 9.90 Å². The van der Waals surface area contributed by atoms with Crippen molar-refractivity contribution in [3.63, 3.8) is 0 Å². The van der Waals surface area contributed by atoms with Crippen LogP contribution in [0.1, 0.15) is 49.0 Å². The second kappa shape index (κ2) is 6.08. The lowest BCUT2D eigenvalue weighted by molar-refractivity contribution is 0.0814. The van der Waals surface area contributed by atoms with Gasteiger partial charge in [-0.1, -0.05) is 0 Å². The van der Waals surface area contributed by atoms with Crippen molar-refractivity contribution in [2.75, 3.05) is 21.1 Å². The maximum Gasteiger partial charge on any atom is 0.296 e. The van der Waals surface area contributed by atoms with Crippen LogP contribution < -0.4 is 5.56 Å². The van der Waals surface area contributed by atoms with Crippen LogP contribution in [-0.2, 0) is 6.54 Å². The Kier molecular flexibility index (Phi) is 4.55. The lowest BCUT2D eigenvalue weighted by Gasteiger charge is -2.35. The molecule has 0 saturated heterocycles. The molecule has 0 saturated carbocycles. The van der Waals surface area contributed by atoms with E-state index in [0.29, 0.717) is 12.4 Å². The highest BCUT2D eigenvalue weighted by atomic mass is 16.3. The minimum absolute atomic E-state index is 0.0317. The second-order valence-corrected chi connectivity index (χ2v) is 6.24. The molecule has 2 heterocycles. The third kappa shape index (κ3) is 2.72. The smallest absolute Gasteiger partial charge is 0.296 e. The molecule has 0 bridgehead atoms. The van der Waals surface area contributed by atoms with Crippen LogP contribution in [-0.4, -0.2) is 57.5 Å². The van der Waals surface area contributed by atoms with Crippen LogP contribution in [0.15, 0.2) is 4.79 Å². The Hall–Kier alpha value is -1.89. The fourth-order valence-electron chi connectivity index (χ4n) is 2.71. The maximum atomic E-state index is 12.4. The summed E-state index contributed by atoms with van der Waals surface area (Å²) in [5, 5.41) is 10.0. The average Bonchev–Trinajstić information content (AvgIpc) is 2.48. The summed E-state index contributed by atoms with van der Waals surface area (Å²) in [6, 6.07) is 0.256. The fourth-order valence-corrected chi connectivity index (χ4v) is 2.71. The van der Waals surface area contributed by atoms with E-state index in [4.69, 9.17) is 0 Å². The number of hydrogen-bond acceptors (Lipinski definition) is 5. The molecule has 0 fully saturated rings. The van der Waals surface area contributed by atoms with Crippen molar-refractivity contribution in [2.24, 2.45) is 0 Å². The molecule has 1 atom stereocenters. The van der Waals surface area contributed by atoms with Gasteiger partial charge < -0.3 is 10.0 Å². The Morgan fingerprint density at radius 2 is 2.00 bits per heavy atom. The number of hydrogen-bond donors (Lipinski definition) is 1. The van der Waals surface area contributed by atoms with Gasteiger partial charge in [0.2, 0.25) is 5.75 Å². The third-order valence-corrected chi connectivity index (χ3v) is 4.25. The van der Waals surface area contributed by atoms with E-state index in [0.717, 1.165) is 12.8 Å². The number of amides is 1. The van der Waals surface area contributed by atoms with E-state index in [-0.39, 0.29) is 17.8 Å². The molecule has 2 rings (SSSR count). The summed E-state index contributed by atoms with van der Waals surface area (Å²) in [4.78, 5) is 32.3. The SMILES string of the molecule is CC(C)N(C)C1CCCn2c1nc(C(=O)N(C)C)c(O)c2=O. The number of carbonyl (C=O) groups excluding carboxylic acids is 1. The van der Waals surface area contributed by atoms with Gasteiger partial charge in [0.1, 0.15) is 5.82 Å². The Morgan fingerprint density at radius 3 is 2.55 bits per heavy atom. The molecule has 1 aliphatic heterocycles. The molecular weight excluding hydrogens is 284 g/mol. The van der Waals surface area contributed by atoms with Crippen LogP contribution in [0.4, 0.5) is 0 Å². The first-order chi connectivity index (χ1) is 10.3. The van der Waals surface area contributed by atoms with Crippen LogP contribution in [0.5, 0.6) is 5.75 Å². The highest BCUT2D eigenvalue weighted by Crippen LogP contribution is 2.30. The molecule has 7 heteroatoms. The number of fused-ring (bicyclic) bond motifs is 1. The van der Waals surface area contributed by atoms with Crippen LogP contribution in [0.25, 0.3) is 0 Å². The molecule has 0 spiro atoms. The molecule has 0 radical (unpaired) electrons. The largest absolute Gasteiger partial charge is 0.501 e. The molecule has 1 aromatic heterocycles. The zero-order chi connectivity index (χ0) is 16.6. The molecule has 1 aliphatic rings. The summed E-state index contributed by atoms with van der Waals surface area (Å²) in [5.41, 5.74) is -0.692. The van der Waals surface area contributed by atoms with E-state index in [9.17, 15) is 14.7 Å². The van der Waals surface area contributed by atoms with Gasteiger partial charge in [0.25, 0.3) is 11.5 Å². The molecule has 7 nitrogen and oxygen atoms in total. The van der Waals surface area contributed by atoms with Crippen molar-refractivity contribution in [3.8, 4) is 5.75 Å². The molecule has 1 aromatic rings. The third-order valence-electron chi connectivity index (χ3n) is 4.25. The molecule has 1 N–H and O–H groups in total. The van der Waals surface area contributed by atoms with Crippen LogP contribution >= 0.6 is 0 Å². The molecule has 22 heavy (non-hydrogen) atoms. The van der Waals surface area contributed by atoms with Gasteiger partial charge in [0.15, 0.2) is 5.69 Å². The number of nitrogens with zero attached hydrogens (tertiary/aromatic N) is 4. The van der Waals surface area contributed by atoms with Crippen molar-refractivity contribution in [1.82, 2.24) is 19.4 Å². The molecule has 1 amide bonds. The number of aromatic nitrogens is 2. The first-order valence-corrected chi connectivity index (χ1v) is 7.53. The highest BCUT2D eigenvalue weighted by Gasteiger charge is 2.31. The zero-order valence-electron chi connectivity index (χ0n) is 13.8. The standard InChI is InChI=1S/C15H24N4O3/c1-9(2)18(5)10-7-6-8-19-13(10)16-11(12(20)15(19)22)14(21)17(3)4/h9-10,20H,6-8H2,1-5H3. The number of carbonyl (C=O) groups is 1. The minimum Gasteiger partial charge on any atom is -0.501 e. The van der Waals surface area contributed by atoms with E-state index in [1.54, 1.807) is 14.1 Å². The van der Waals surface area contributed by atoms with Crippen molar-refractivity contribution >= 4 is 5.91 Å². The lowest BCUT2D eigenvalue weighted by Crippen LogP contribution is -2.40. The summed E-state index contributed by atoms with van der Waals surface area (Å²) in [6.45, 7) is 4.67. The van der Waals surface area contributed by atoms with Gasteiger partial charge in [-0.15, -0.1) is 0 Å². The predicted octanol–water partition coefficient (Wildman–Crippen LogP) is 0.826. The van der Waals surface area contributed by atoms with E-state index in [2.05, 4.69) is 23.7 Å². The van der Waals surface area contributed by atoms with E-state index in [1.165, 1.54) is 9.47 Å². The normalized spacial score (nSPS) is 17.7. The summed E-state index contributed by atoms with van der Waals surface area (Å²) < 4.78 is 1.49. The Bertz CT molecular complexity index is 636. The van der Waals surface area contributed by atoms with Gasteiger partial charge >= 0.3 is 0 Å². The highest BCUT2D eigenvalue weighted by molar-refractivity contribution is 5.94. The molecular formula is C15H24N4O3. The van der Waals surface area contributed by atoms with Crippen LogP contribution in [0, 0.1) is 0 Å². The minimum atomic E-state index is -0.560. The molecule has 1 unspecified atom stereocenters. The van der Waals surface area contributed by atoms with Gasteiger partial charge in [-0.3, -0.25) is 19.1 Å². The van der Waals surface area contributed by atoms with Crippen LogP contribution in [0.3, 0.4) is 0 Å². The average molecular weight is 308 g/mol. The maximum absolute atomic E-state index is 12.4. The Morgan fingerprint density at radius 1 is 1.36 bits per heavy atom. The van der Waals surface area contributed by atoms with Gasteiger partial charge in [0.05, 0.1) is 6.04 Å². The summed E-state index contributed by atoms with van der Waals surface area (Å²) >= 11 is 0. The van der Waals surface area contributed by atoms with E-state index >= 15 is 0 Å². The summed E-state index contributed by atoms with van der Waals surface area (Å²) in [5.74, 6) is -0.458. The van der Waals surface area contributed by atoms with Crippen molar-refractivity contribution in [2.45, 2.75) is 45.3 Å². The summed E-state index contributed by atoms with van der Waals surface area (Å²) in [6.07, 6.45) is 1.72. The van der Waals surface area contributed by atoms with E-state index < -0.39 is 17.2 Å². The van der Waals surface area contributed by atoms with Gasteiger partial charge in [-0.05, 0) is 33.7 Å². The quantitative estimate of drug-likeness (QED) is 0.894. The fraction of sp³-hybridized carbons (Fsp3) is 0.667. The van der Waals surface area contributed by atoms with E-state index in [1.807, 2.05) is 7.05 Å². The molecule has 0 aromatic carbocycles. The Labute approximate surface area is 130 Å². The first kappa shape index (κ1) is 16.5. The van der Waals surface area contributed by atoms with Gasteiger partial charge in [-0.25, -0.2) is 4.98 Å². The van der Waals surface area contributed by atoms with Crippen molar-refractivity contribution in [3.05, 3.63) is 21.9 Å². The second-order valence-electron chi connectivity index (χ2n) is 6.24. The first-order valence-electron chi connectivity index (χ1n) is 7.53. The van der Waals surface area contributed by atoms with Gasteiger partial charge in [-0.2, -0.15) is 0 Å². The summed E-state index contributed by atoms with van der Waals surface area (Å²) in [7, 11) is 5.12. The van der Waals surface area contributed by atoms with Crippen molar-refractivity contribution in [1.29, 1.82) is 0 Å². The van der Waals surface area contributed by atoms with Crippen LogP contribution in [0.2, 0.25) is 0 Å². The zero-order valence-corrected chi connectivity index (χ0v) is 13.8. The predicted molar refractivity (Wildman–Crippen MR) is 83.1 cm³/mol. The molecule has 0 aliphatic carbocycles. The number of aromatic hydroxyl groups is 1. The van der Waals surface area contributed by atoms with Gasteiger partial charge in [0, 0.05) is 26.7 Å². The lowest BCUT2D eigenvalue weighted by atomic mass is 10.0. The number of rotatable bonds is 3. The Balaban J connectivity index is 2.61. The molecule has 122 valence electrons. The topological polar surface area (TPSA) is 78.7 Å².